The van der Waals surface area contributed by atoms with Gasteiger partial charge in [-0.3, -0.25) is 4.79 Å². The lowest BCUT2D eigenvalue weighted by Crippen LogP contribution is -2.58. The average molecular weight is 524 g/mol. The first-order chi connectivity index (χ1) is 16.1. The Morgan fingerprint density at radius 1 is 1.21 bits per heavy atom. The van der Waals surface area contributed by atoms with E-state index in [-0.39, 0.29) is 16.6 Å². The molecule has 34 heavy (non-hydrogen) atoms. The van der Waals surface area contributed by atoms with E-state index in [9.17, 15) is 9.90 Å². The lowest BCUT2D eigenvalue weighted by molar-refractivity contribution is -0.160. The van der Waals surface area contributed by atoms with Crippen molar-refractivity contribution in [3.8, 4) is 5.69 Å². The zero-order chi connectivity index (χ0) is 24.0. The number of halogens is 1. The van der Waals surface area contributed by atoms with E-state index in [0.717, 1.165) is 48.0 Å². The third-order valence-corrected chi connectivity index (χ3v) is 11.0. The van der Waals surface area contributed by atoms with Crippen LogP contribution in [0.25, 0.3) is 11.8 Å². The maximum atomic E-state index is 12.5. The predicted octanol–water partition coefficient (Wildman–Crippen LogP) is 6.38. The maximum absolute atomic E-state index is 12.5. The van der Waals surface area contributed by atoms with Gasteiger partial charge in [-0.05, 0) is 104 Å². The van der Waals surface area contributed by atoms with Crippen LogP contribution in [0.2, 0.25) is 0 Å². The molecule has 1 heterocycles. The van der Waals surface area contributed by atoms with Crippen molar-refractivity contribution >= 4 is 27.8 Å². The molecule has 4 aliphatic rings. The summed E-state index contributed by atoms with van der Waals surface area (Å²) in [6, 6.07) is 8.30. The van der Waals surface area contributed by atoms with Gasteiger partial charge < -0.3 is 5.11 Å². The zero-order valence-electron chi connectivity index (χ0n) is 20.6. The molecule has 0 spiro atoms. The number of aromatic nitrogens is 2. The molecule has 0 saturated heterocycles. The molecule has 4 nitrogen and oxygen atoms in total. The summed E-state index contributed by atoms with van der Waals surface area (Å²) in [7, 11) is 0. The molecule has 0 aliphatic heterocycles. The van der Waals surface area contributed by atoms with E-state index in [1.54, 1.807) is 12.5 Å². The van der Waals surface area contributed by atoms with Gasteiger partial charge in [0.1, 0.15) is 5.60 Å². The minimum absolute atomic E-state index is 0.0334. The number of nitrogens with zero attached hydrogens (tertiary/aromatic N) is 2. The molecule has 3 saturated carbocycles. The first kappa shape index (κ1) is 22.7. The van der Waals surface area contributed by atoms with Gasteiger partial charge in [0.2, 0.25) is 0 Å². The molecule has 0 radical (unpaired) electrons. The van der Waals surface area contributed by atoms with Crippen LogP contribution < -0.4 is 0 Å². The van der Waals surface area contributed by atoms with Gasteiger partial charge in [-0.15, -0.1) is 0 Å². The summed E-state index contributed by atoms with van der Waals surface area (Å²) in [6.45, 7) is 8.67. The zero-order valence-corrected chi connectivity index (χ0v) is 22.2. The van der Waals surface area contributed by atoms with E-state index >= 15 is 0 Å². The van der Waals surface area contributed by atoms with Gasteiger partial charge in [-0.25, -0.2) is 4.68 Å². The van der Waals surface area contributed by atoms with Crippen molar-refractivity contribution in [1.29, 1.82) is 0 Å². The minimum atomic E-state index is -1.15. The number of carbonyl (C=O) groups is 1. The second-order valence-corrected chi connectivity index (χ2v) is 13.0. The summed E-state index contributed by atoms with van der Waals surface area (Å²) in [4.78, 5) is 12.5. The highest BCUT2D eigenvalue weighted by Crippen LogP contribution is 2.68. The highest BCUT2D eigenvalue weighted by atomic mass is 79.9. The van der Waals surface area contributed by atoms with Crippen LogP contribution >= 0.6 is 15.9 Å². The Morgan fingerprint density at radius 2 is 1.97 bits per heavy atom. The molecule has 4 aliphatic carbocycles. The molecule has 1 aromatic carbocycles. The van der Waals surface area contributed by atoms with Gasteiger partial charge in [0.25, 0.3) is 0 Å². The van der Waals surface area contributed by atoms with Crippen molar-refractivity contribution in [2.75, 3.05) is 0 Å². The van der Waals surface area contributed by atoms with Crippen LogP contribution in [0.1, 0.15) is 71.1 Å². The molecule has 5 heteroatoms. The number of Topliss-reactive ketones (excluding diaryl/α,β-unsaturated/α-hetero) is 1. The summed E-state index contributed by atoms with van der Waals surface area (Å²) in [5.74, 6) is 2.03. The molecule has 1 aromatic heterocycles. The van der Waals surface area contributed by atoms with Gasteiger partial charge >= 0.3 is 0 Å². The standard InChI is InChI=1S/C29H35BrN2O2/c1-17-12-22-23(8-10-28(4)24(22)9-11-29(28,34)18(2)33)27(3)15-19-16-32(31-26(19)14-25(17)27)21-7-5-6-20(30)13-21/h5-7,13-14,16-17,22-24,34H,8-12,15H2,1-4H3/t17-,22+,23-,24-,27+,28-,29-/m0/s1. The molecule has 1 N–H and O–H groups in total. The number of ketones is 1. The van der Waals surface area contributed by atoms with Gasteiger partial charge in [-0.2, -0.15) is 5.10 Å². The molecule has 0 unspecified atom stereocenters. The van der Waals surface area contributed by atoms with Crippen molar-refractivity contribution < 1.29 is 9.90 Å². The van der Waals surface area contributed by atoms with Gasteiger partial charge in [0.05, 0.1) is 11.4 Å². The smallest absolute Gasteiger partial charge is 0.161 e. The Kier molecular flexibility index (Phi) is 4.94. The van der Waals surface area contributed by atoms with Crippen molar-refractivity contribution in [2.45, 2.75) is 71.8 Å². The summed E-state index contributed by atoms with van der Waals surface area (Å²) in [5, 5.41) is 16.4. The van der Waals surface area contributed by atoms with Crippen molar-refractivity contribution in [3.63, 3.8) is 0 Å². The fourth-order valence-corrected chi connectivity index (χ4v) is 9.22. The van der Waals surface area contributed by atoms with Gasteiger partial charge in [0.15, 0.2) is 5.78 Å². The number of aliphatic hydroxyl groups is 1. The third-order valence-electron chi connectivity index (χ3n) is 10.6. The Morgan fingerprint density at radius 3 is 2.71 bits per heavy atom. The number of hydrogen-bond donors (Lipinski definition) is 1. The van der Waals surface area contributed by atoms with E-state index in [2.05, 4.69) is 67.2 Å². The second kappa shape index (κ2) is 7.39. The van der Waals surface area contributed by atoms with Crippen LogP contribution in [0.4, 0.5) is 0 Å². The number of allylic oxidation sites excluding steroid dienone is 1. The van der Waals surface area contributed by atoms with Gasteiger partial charge in [-0.1, -0.05) is 48.3 Å². The van der Waals surface area contributed by atoms with Crippen LogP contribution in [0.15, 0.2) is 40.5 Å². The number of fused-ring (bicyclic) bond motifs is 6. The summed E-state index contributed by atoms with van der Waals surface area (Å²) in [6.07, 6.45) is 10.4. The molecule has 2 aromatic rings. The number of carbonyl (C=O) groups excluding carboxylic acids is 1. The van der Waals surface area contributed by atoms with Crippen LogP contribution in [-0.4, -0.2) is 26.3 Å². The summed E-state index contributed by atoms with van der Waals surface area (Å²) in [5.41, 5.74) is 3.76. The Hall–Kier alpha value is -1.72. The SMILES string of the molecule is CC(=O)[C@@]1(O)CC[C@H]2[C@@H]3C[C@H](C)C4=Cc5nn(-c6cccc(Br)c6)cc5C[C@]4(C)[C@H]3CC[C@@]21C. The highest BCUT2D eigenvalue weighted by molar-refractivity contribution is 9.10. The molecule has 180 valence electrons. The molecule has 7 atom stereocenters. The molecule has 0 amide bonds. The van der Waals surface area contributed by atoms with Gasteiger partial charge in [0, 0.05) is 16.1 Å². The fourth-order valence-electron chi connectivity index (χ4n) is 8.83. The predicted molar refractivity (Wildman–Crippen MR) is 138 cm³/mol. The minimum Gasteiger partial charge on any atom is -0.382 e. The fraction of sp³-hybridized carbons (Fsp3) is 0.586. The van der Waals surface area contributed by atoms with E-state index < -0.39 is 5.60 Å². The monoisotopic (exact) mass is 522 g/mol. The van der Waals surface area contributed by atoms with Crippen molar-refractivity contribution in [2.24, 2.45) is 34.5 Å². The van der Waals surface area contributed by atoms with Crippen LogP contribution in [-0.2, 0) is 11.2 Å². The number of hydrogen-bond acceptors (Lipinski definition) is 3. The summed E-state index contributed by atoms with van der Waals surface area (Å²) < 4.78 is 3.08. The first-order valence-electron chi connectivity index (χ1n) is 12.9. The Balaban J connectivity index is 1.37. The van der Waals surface area contributed by atoms with Crippen molar-refractivity contribution in [1.82, 2.24) is 9.78 Å². The number of benzene rings is 1. The molecule has 0 bridgehead atoms. The lowest BCUT2D eigenvalue weighted by Gasteiger charge is -2.60. The van der Waals surface area contributed by atoms with Crippen LogP contribution in [0.5, 0.6) is 0 Å². The Labute approximate surface area is 211 Å². The normalized spacial score (nSPS) is 40.6. The lowest BCUT2D eigenvalue weighted by atomic mass is 9.44. The van der Waals surface area contributed by atoms with Crippen LogP contribution in [0.3, 0.4) is 0 Å². The largest absolute Gasteiger partial charge is 0.382 e. The first-order valence-corrected chi connectivity index (χ1v) is 13.7. The topological polar surface area (TPSA) is 55.1 Å². The second-order valence-electron chi connectivity index (χ2n) is 12.1. The quantitative estimate of drug-likeness (QED) is 0.497. The molecular formula is C29H35BrN2O2. The molecular weight excluding hydrogens is 488 g/mol. The van der Waals surface area contributed by atoms with E-state index in [0.29, 0.717) is 30.1 Å². The highest BCUT2D eigenvalue weighted by Gasteiger charge is 2.66. The molecule has 3 fully saturated rings. The van der Waals surface area contributed by atoms with Crippen molar-refractivity contribution in [3.05, 3.63) is 51.8 Å². The number of rotatable bonds is 2. The molecule has 6 rings (SSSR count). The van der Waals surface area contributed by atoms with E-state index in [4.69, 9.17) is 5.10 Å². The third kappa shape index (κ3) is 2.92. The maximum Gasteiger partial charge on any atom is 0.161 e. The van der Waals surface area contributed by atoms with E-state index in [1.807, 2.05) is 10.7 Å². The van der Waals surface area contributed by atoms with Crippen LogP contribution in [0, 0.1) is 34.5 Å². The van der Waals surface area contributed by atoms with E-state index in [1.165, 1.54) is 5.56 Å². The Bertz CT molecular complexity index is 1220. The summed E-state index contributed by atoms with van der Waals surface area (Å²) >= 11 is 3.59. The average Bonchev–Trinajstić information content (AvgIpc) is 3.31.